The van der Waals surface area contributed by atoms with Crippen LogP contribution < -0.4 is 15.9 Å². The van der Waals surface area contributed by atoms with Gasteiger partial charge in [-0.2, -0.15) is 0 Å². The van der Waals surface area contributed by atoms with Gasteiger partial charge in [-0.25, -0.2) is 4.79 Å². The van der Waals surface area contributed by atoms with Crippen molar-refractivity contribution in [3.05, 3.63) is 57.5 Å². The molecule has 1 atom stereocenters. The lowest BCUT2D eigenvalue weighted by Crippen LogP contribution is -2.55. The molecule has 0 aliphatic carbocycles. The van der Waals surface area contributed by atoms with Crippen LogP contribution in [0.2, 0.25) is 5.02 Å². The van der Waals surface area contributed by atoms with Gasteiger partial charge in [0.05, 0.1) is 17.6 Å². The number of piperazine rings is 1. The van der Waals surface area contributed by atoms with Crippen molar-refractivity contribution in [3.8, 4) is 0 Å². The third kappa shape index (κ3) is 3.89. The molecule has 2 N–H and O–H groups in total. The molecule has 158 valence electrons. The van der Waals surface area contributed by atoms with Gasteiger partial charge in [0.2, 0.25) is 5.91 Å². The number of amides is 1. The summed E-state index contributed by atoms with van der Waals surface area (Å²) in [5, 5.41) is 3.97. The van der Waals surface area contributed by atoms with Crippen molar-refractivity contribution >= 4 is 39.9 Å². The topological polar surface area (TPSA) is 73.4 Å². The van der Waals surface area contributed by atoms with Gasteiger partial charge in [-0.1, -0.05) is 11.6 Å². The first-order valence-corrected chi connectivity index (χ1v) is 10.4. The van der Waals surface area contributed by atoms with Crippen molar-refractivity contribution < 1.29 is 4.79 Å². The van der Waals surface area contributed by atoms with E-state index in [4.69, 9.17) is 11.6 Å². The van der Waals surface area contributed by atoms with Crippen molar-refractivity contribution in [3.63, 3.8) is 0 Å². The van der Waals surface area contributed by atoms with Gasteiger partial charge in [0.1, 0.15) is 0 Å². The molecule has 2 heterocycles. The largest absolute Gasteiger partial charge is 0.376 e. The summed E-state index contributed by atoms with van der Waals surface area (Å²) >= 11 is 6.14. The van der Waals surface area contributed by atoms with Crippen LogP contribution in [0.1, 0.15) is 12.5 Å². The number of nitrogens with zero attached hydrogens (tertiary/aromatic N) is 3. The van der Waals surface area contributed by atoms with Crippen LogP contribution in [-0.4, -0.2) is 52.6 Å². The summed E-state index contributed by atoms with van der Waals surface area (Å²) in [6, 6.07) is 11.8. The monoisotopic (exact) mass is 427 g/mol. The van der Waals surface area contributed by atoms with Gasteiger partial charge in [-0.15, -0.1) is 0 Å². The molecule has 0 radical (unpaired) electrons. The predicted molar refractivity (Wildman–Crippen MR) is 122 cm³/mol. The molecule has 1 aliphatic heterocycles. The second-order valence-electron chi connectivity index (χ2n) is 7.89. The van der Waals surface area contributed by atoms with Gasteiger partial charge in [0.25, 0.3) is 0 Å². The molecule has 1 saturated heterocycles. The Bertz CT molecular complexity index is 1150. The lowest BCUT2D eigenvalue weighted by Gasteiger charge is -2.41. The number of imidazole rings is 1. The van der Waals surface area contributed by atoms with E-state index in [-0.39, 0.29) is 24.2 Å². The molecule has 1 aromatic heterocycles. The lowest BCUT2D eigenvalue weighted by atomic mass is 10.1. The Morgan fingerprint density at radius 1 is 1.23 bits per heavy atom. The molecule has 4 rings (SSSR count). The van der Waals surface area contributed by atoms with E-state index in [9.17, 15) is 9.59 Å². The molecule has 1 aliphatic rings. The summed E-state index contributed by atoms with van der Waals surface area (Å²) in [5.74, 6) is 0.0671. The molecule has 0 unspecified atom stereocenters. The van der Waals surface area contributed by atoms with Crippen molar-refractivity contribution in [2.75, 3.05) is 36.4 Å². The zero-order valence-electron chi connectivity index (χ0n) is 17.4. The van der Waals surface area contributed by atoms with E-state index in [0.717, 1.165) is 46.1 Å². The summed E-state index contributed by atoms with van der Waals surface area (Å²) in [6.45, 7) is 6.54. The number of hydrogen-bond acceptors (Lipinski definition) is 4. The Kier molecular flexibility index (Phi) is 5.47. The quantitative estimate of drug-likeness (QED) is 0.671. The standard InChI is InChI=1S/C22H26ClN5O2/c1-14-10-17(5-6-18(14)23)27-8-9-28(15(2)13-27)21(29)12-24-16-4-7-19-20(11-16)26(3)22(30)25-19/h4-7,10-11,15,24H,8-9,12-13H2,1-3H3,(H,25,30)/t15-/m1/s1. The van der Waals surface area contributed by atoms with E-state index in [2.05, 4.69) is 28.2 Å². The molecular formula is C22H26ClN5O2. The summed E-state index contributed by atoms with van der Waals surface area (Å²) < 4.78 is 1.56. The highest BCUT2D eigenvalue weighted by atomic mass is 35.5. The number of anilines is 2. The Morgan fingerprint density at radius 2 is 2.03 bits per heavy atom. The number of carbonyl (C=O) groups excluding carboxylic acids is 1. The van der Waals surface area contributed by atoms with Gasteiger partial charge >= 0.3 is 5.69 Å². The number of nitrogens with one attached hydrogen (secondary N) is 2. The third-order valence-electron chi connectivity index (χ3n) is 5.80. The van der Waals surface area contributed by atoms with E-state index in [1.54, 1.807) is 11.6 Å². The molecule has 1 amide bonds. The number of aromatic nitrogens is 2. The highest BCUT2D eigenvalue weighted by molar-refractivity contribution is 6.31. The summed E-state index contributed by atoms with van der Waals surface area (Å²) in [7, 11) is 1.72. The zero-order valence-corrected chi connectivity index (χ0v) is 18.2. The molecule has 1 fully saturated rings. The number of hydrogen-bond donors (Lipinski definition) is 2. The van der Waals surface area contributed by atoms with Gasteiger partial charge in [0.15, 0.2) is 0 Å². The Balaban J connectivity index is 1.38. The van der Waals surface area contributed by atoms with Gasteiger partial charge in [-0.3, -0.25) is 9.36 Å². The number of carbonyl (C=O) groups is 1. The van der Waals surface area contributed by atoms with E-state index >= 15 is 0 Å². The van der Waals surface area contributed by atoms with Crippen LogP contribution >= 0.6 is 11.6 Å². The minimum Gasteiger partial charge on any atom is -0.376 e. The first kappa shape index (κ1) is 20.3. The number of aromatic amines is 1. The van der Waals surface area contributed by atoms with Gasteiger partial charge < -0.3 is 20.1 Å². The molecule has 2 aromatic carbocycles. The van der Waals surface area contributed by atoms with Crippen molar-refractivity contribution in [2.24, 2.45) is 7.05 Å². The van der Waals surface area contributed by atoms with Crippen LogP contribution in [0.15, 0.2) is 41.2 Å². The smallest absolute Gasteiger partial charge is 0.326 e. The van der Waals surface area contributed by atoms with E-state index < -0.39 is 0 Å². The van der Waals surface area contributed by atoms with E-state index in [1.807, 2.05) is 42.2 Å². The van der Waals surface area contributed by atoms with Gasteiger partial charge in [0, 0.05) is 49.1 Å². The van der Waals surface area contributed by atoms with Crippen LogP contribution in [0.25, 0.3) is 11.0 Å². The Labute approximate surface area is 180 Å². The Hall–Kier alpha value is -2.93. The maximum atomic E-state index is 12.8. The minimum atomic E-state index is -0.152. The summed E-state index contributed by atoms with van der Waals surface area (Å²) in [5.41, 5.74) is 4.44. The number of benzene rings is 2. The average molecular weight is 428 g/mol. The summed E-state index contributed by atoms with van der Waals surface area (Å²) in [6.07, 6.45) is 0. The van der Waals surface area contributed by atoms with Crippen molar-refractivity contribution in [1.82, 2.24) is 14.5 Å². The van der Waals surface area contributed by atoms with Crippen LogP contribution in [0, 0.1) is 6.92 Å². The van der Waals surface area contributed by atoms with Crippen LogP contribution in [-0.2, 0) is 11.8 Å². The van der Waals surface area contributed by atoms with Crippen LogP contribution in [0.5, 0.6) is 0 Å². The Morgan fingerprint density at radius 3 is 2.77 bits per heavy atom. The minimum absolute atomic E-state index is 0.0671. The second kappa shape index (κ2) is 8.07. The summed E-state index contributed by atoms with van der Waals surface area (Å²) in [4.78, 5) is 31.6. The van der Waals surface area contributed by atoms with Crippen LogP contribution in [0.4, 0.5) is 11.4 Å². The molecule has 8 heteroatoms. The first-order valence-electron chi connectivity index (χ1n) is 10.1. The normalized spacial score (nSPS) is 16.9. The van der Waals surface area contributed by atoms with Crippen LogP contribution in [0.3, 0.4) is 0 Å². The molecule has 7 nitrogen and oxygen atoms in total. The lowest BCUT2D eigenvalue weighted by molar-refractivity contribution is -0.131. The maximum Gasteiger partial charge on any atom is 0.326 e. The molecular weight excluding hydrogens is 402 g/mol. The van der Waals surface area contributed by atoms with E-state index in [1.165, 1.54) is 0 Å². The van der Waals surface area contributed by atoms with Gasteiger partial charge in [-0.05, 0) is 55.8 Å². The highest BCUT2D eigenvalue weighted by Crippen LogP contribution is 2.25. The van der Waals surface area contributed by atoms with E-state index in [0.29, 0.717) is 6.54 Å². The number of fused-ring (bicyclic) bond motifs is 1. The zero-order chi connectivity index (χ0) is 21.4. The first-order chi connectivity index (χ1) is 14.3. The fraction of sp³-hybridized carbons (Fsp3) is 0.364. The molecule has 0 saturated carbocycles. The molecule has 3 aromatic rings. The van der Waals surface area contributed by atoms with Crippen molar-refractivity contribution in [1.29, 1.82) is 0 Å². The fourth-order valence-corrected chi connectivity index (χ4v) is 4.12. The third-order valence-corrected chi connectivity index (χ3v) is 6.23. The number of rotatable bonds is 4. The number of halogens is 1. The maximum absolute atomic E-state index is 12.8. The molecule has 0 bridgehead atoms. The average Bonchev–Trinajstić information content (AvgIpc) is 3.01. The highest BCUT2D eigenvalue weighted by Gasteiger charge is 2.27. The van der Waals surface area contributed by atoms with Crippen molar-refractivity contribution in [2.45, 2.75) is 19.9 Å². The fourth-order valence-electron chi connectivity index (χ4n) is 4.00. The number of aryl methyl sites for hydroxylation is 2. The SMILES string of the molecule is Cc1cc(N2CCN(C(=O)CNc3ccc4[nH]c(=O)n(C)c4c3)[C@H](C)C2)ccc1Cl. The second-order valence-corrected chi connectivity index (χ2v) is 8.30. The molecule has 30 heavy (non-hydrogen) atoms. The number of H-pyrrole nitrogens is 1. The molecule has 0 spiro atoms. The predicted octanol–water partition coefficient (Wildman–Crippen LogP) is 2.98.